The Bertz CT molecular complexity index is 994. The van der Waals surface area contributed by atoms with Crippen molar-refractivity contribution in [3.05, 3.63) is 64.6 Å². The number of benzene rings is 2. The average molecular weight is 404 g/mol. The first kappa shape index (κ1) is 19.6. The van der Waals surface area contributed by atoms with E-state index in [1.165, 1.54) is 13.2 Å². The molecular weight excluding hydrogens is 390 g/mol. The average Bonchev–Trinajstić information content (AvgIpc) is 2.92. The molecule has 0 atom stereocenters. The molecule has 144 valence electrons. The number of methoxy groups -OCH3 is 1. The largest absolute Gasteiger partial charge is 0.496 e. The lowest BCUT2D eigenvalue weighted by Gasteiger charge is -2.12. The van der Waals surface area contributed by atoms with E-state index in [1.807, 2.05) is 0 Å². The lowest BCUT2D eigenvalue weighted by Crippen LogP contribution is -2.36. The summed E-state index contributed by atoms with van der Waals surface area (Å²) in [6, 6.07) is 9.60. The Morgan fingerprint density at radius 1 is 1.21 bits per heavy atom. The number of carbonyl (C=O) groups is 3. The van der Waals surface area contributed by atoms with Gasteiger partial charge in [-0.25, -0.2) is 8.78 Å². The highest BCUT2D eigenvalue weighted by Gasteiger charge is 2.36. The number of carbonyl (C=O) groups excluding carboxylic acids is 3. The summed E-state index contributed by atoms with van der Waals surface area (Å²) in [5.41, 5.74) is 0.358. The van der Waals surface area contributed by atoms with Crippen LogP contribution in [0.2, 0.25) is 0 Å². The Morgan fingerprint density at radius 2 is 1.96 bits per heavy atom. The van der Waals surface area contributed by atoms with Gasteiger partial charge in [0.2, 0.25) is 5.91 Å². The van der Waals surface area contributed by atoms with Crippen LogP contribution in [-0.4, -0.2) is 35.6 Å². The van der Waals surface area contributed by atoms with Crippen molar-refractivity contribution in [2.24, 2.45) is 0 Å². The Morgan fingerprint density at radius 3 is 2.68 bits per heavy atom. The first-order chi connectivity index (χ1) is 13.4. The molecule has 1 N–H and O–H groups in total. The zero-order chi connectivity index (χ0) is 20.3. The number of hydrogen-bond acceptors (Lipinski definition) is 5. The van der Waals surface area contributed by atoms with E-state index in [4.69, 9.17) is 4.74 Å². The van der Waals surface area contributed by atoms with E-state index in [1.54, 1.807) is 24.3 Å². The van der Waals surface area contributed by atoms with Crippen LogP contribution in [0.5, 0.6) is 5.75 Å². The van der Waals surface area contributed by atoms with Crippen molar-refractivity contribution in [2.75, 3.05) is 19.0 Å². The number of halogens is 2. The molecule has 0 aromatic heterocycles. The maximum Gasteiger partial charge on any atom is 0.294 e. The van der Waals surface area contributed by atoms with Gasteiger partial charge in [0.15, 0.2) is 0 Å². The molecule has 3 amide bonds. The standard InChI is InChI=1S/C19H14F2N2O4S/c1-27-15-5-3-2-4-11(15)8-16-18(25)23(19(26)28-16)10-17(24)22-14-7-6-12(20)9-13(14)21/h2-9H,10H2,1H3,(H,22,24)/b16-8-. The number of nitrogens with one attached hydrogen (secondary N) is 1. The van der Waals surface area contributed by atoms with E-state index in [9.17, 15) is 23.2 Å². The molecule has 0 saturated carbocycles. The SMILES string of the molecule is COc1ccccc1/C=C1\SC(=O)N(CC(=O)Nc2ccc(F)cc2F)C1=O. The minimum Gasteiger partial charge on any atom is -0.496 e. The highest BCUT2D eigenvalue weighted by Crippen LogP contribution is 2.33. The van der Waals surface area contributed by atoms with Crippen LogP contribution in [0.25, 0.3) is 6.08 Å². The van der Waals surface area contributed by atoms with Crippen LogP contribution in [0.3, 0.4) is 0 Å². The Hall–Kier alpha value is -3.20. The predicted molar refractivity (Wildman–Crippen MR) is 101 cm³/mol. The second kappa shape index (κ2) is 8.22. The van der Waals surface area contributed by atoms with Crippen LogP contribution in [0.1, 0.15) is 5.56 Å². The van der Waals surface area contributed by atoms with Gasteiger partial charge in [-0.05, 0) is 36.0 Å². The second-order valence-corrected chi connectivity index (χ2v) is 6.68. The molecule has 0 bridgehead atoms. The van der Waals surface area contributed by atoms with Crippen molar-refractivity contribution < 1.29 is 27.9 Å². The quantitative estimate of drug-likeness (QED) is 0.770. The van der Waals surface area contributed by atoms with Crippen molar-refractivity contribution in [1.82, 2.24) is 4.90 Å². The van der Waals surface area contributed by atoms with E-state index >= 15 is 0 Å². The first-order valence-corrected chi connectivity index (χ1v) is 8.84. The zero-order valence-corrected chi connectivity index (χ0v) is 15.4. The number of amides is 3. The van der Waals surface area contributed by atoms with Crippen molar-refractivity contribution in [2.45, 2.75) is 0 Å². The summed E-state index contributed by atoms with van der Waals surface area (Å²) in [5.74, 6) is -2.65. The number of hydrogen-bond donors (Lipinski definition) is 1. The highest BCUT2D eigenvalue weighted by atomic mass is 32.2. The summed E-state index contributed by atoms with van der Waals surface area (Å²) >= 11 is 0.689. The summed E-state index contributed by atoms with van der Waals surface area (Å²) < 4.78 is 31.8. The van der Waals surface area contributed by atoms with Crippen molar-refractivity contribution in [3.8, 4) is 5.75 Å². The molecular formula is C19H14F2N2O4S. The van der Waals surface area contributed by atoms with Crippen LogP contribution in [0, 0.1) is 11.6 Å². The van der Waals surface area contributed by atoms with Crippen molar-refractivity contribution >= 4 is 40.6 Å². The summed E-state index contributed by atoms with van der Waals surface area (Å²) in [5, 5.41) is 1.59. The van der Waals surface area contributed by atoms with Crippen LogP contribution < -0.4 is 10.1 Å². The normalized spacial score (nSPS) is 15.2. The summed E-state index contributed by atoms with van der Waals surface area (Å²) in [6.07, 6.45) is 1.50. The van der Waals surface area contributed by atoms with Crippen LogP contribution >= 0.6 is 11.8 Å². The molecule has 0 aliphatic carbocycles. The molecule has 0 spiro atoms. The molecule has 6 nitrogen and oxygen atoms in total. The van der Waals surface area contributed by atoms with Crippen LogP contribution in [0.4, 0.5) is 19.3 Å². The minimum absolute atomic E-state index is 0.135. The number of imide groups is 1. The topological polar surface area (TPSA) is 75.7 Å². The number of para-hydroxylation sites is 1. The first-order valence-electron chi connectivity index (χ1n) is 8.02. The fraction of sp³-hybridized carbons (Fsp3) is 0.105. The third kappa shape index (κ3) is 4.20. The smallest absolute Gasteiger partial charge is 0.294 e. The Labute approximate surface area is 163 Å². The molecule has 1 fully saturated rings. The Balaban J connectivity index is 1.73. The molecule has 1 aliphatic heterocycles. The van der Waals surface area contributed by atoms with Crippen molar-refractivity contribution in [3.63, 3.8) is 0 Å². The molecule has 2 aromatic rings. The van der Waals surface area contributed by atoms with E-state index in [0.717, 1.165) is 17.0 Å². The van der Waals surface area contributed by atoms with Gasteiger partial charge in [0.1, 0.15) is 23.9 Å². The highest BCUT2D eigenvalue weighted by molar-refractivity contribution is 8.18. The molecule has 1 heterocycles. The summed E-state index contributed by atoms with van der Waals surface area (Å²) in [6.45, 7) is -0.593. The monoisotopic (exact) mass is 404 g/mol. The van der Waals surface area contributed by atoms with Crippen molar-refractivity contribution in [1.29, 1.82) is 0 Å². The van der Waals surface area contributed by atoms with Gasteiger partial charge in [0, 0.05) is 11.6 Å². The molecule has 0 radical (unpaired) electrons. The molecule has 2 aromatic carbocycles. The molecule has 3 rings (SSSR count). The lowest BCUT2D eigenvalue weighted by molar-refractivity contribution is -0.127. The molecule has 1 saturated heterocycles. The molecule has 28 heavy (non-hydrogen) atoms. The van der Waals surface area contributed by atoms with E-state index in [-0.39, 0.29) is 10.6 Å². The third-order valence-electron chi connectivity index (χ3n) is 3.81. The van der Waals surface area contributed by atoms with Crippen LogP contribution in [-0.2, 0) is 9.59 Å². The third-order valence-corrected chi connectivity index (χ3v) is 4.71. The number of ether oxygens (including phenoxy) is 1. The van der Waals surface area contributed by atoms with Gasteiger partial charge in [0.05, 0.1) is 17.7 Å². The maximum absolute atomic E-state index is 13.6. The number of nitrogens with zero attached hydrogens (tertiary/aromatic N) is 1. The van der Waals surface area contributed by atoms with E-state index in [2.05, 4.69) is 5.32 Å². The van der Waals surface area contributed by atoms with Gasteiger partial charge in [-0.2, -0.15) is 0 Å². The summed E-state index contributed by atoms with van der Waals surface area (Å²) in [4.78, 5) is 37.6. The fourth-order valence-corrected chi connectivity index (χ4v) is 3.32. The molecule has 9 heteroatoms. The van der Waals surface area contributed by atoms with Crippen LogP contribution in [0.15, 0.2) is 47.4 Å². The maximum atomic E-state index is 13.6. The van der Waals surface area contributed by atoms with Gasteiger partial charge in [-0.15, -0.1) is 0 Å². The Kier molecular flexibility index (Phi) is 5.74. The molecule has 1 aliphatic rings. The summed E-state index contributed by atoms with van der Waals surface area (Å²) in [7, 11) is 1.48. The second-order valence-electron chi connectivity index (χ2n) is 5.68. The number of thioether (sulfide) groups is 1. The van der Waals surface area contributed by atoms with Gasteiger partial charge in [-0.1, -0.05) is 18.2 Å². The van der Waals surface area contributed by atoms with Gasteiger partial charge >= 0.3 is 0 Å². The van der Waals surface area contributed by atoms with Gasteiger partial charge < -0.3 is 10.1 Å². The predicted octanol–water partition coefficient (Wildman–Crippen LogP) is 3.65. The van der Waals surface area contributed by atoms with Gasteiger partial charge in [-0.3, -0.25) is 19.3 Å². The number of anilines is 1. The minimum atomic E-state index is -0.960. The zero-order valence-electron chi connectivity index (χ0n) is 14.6. The number of rotatable bonds is 5. The fourth-order valence-electron chi connectivity index (χ4n) is 2.49. The lowest BCUT2D eigenvalue weighted by atomic mass is 10.2. The van der Waals surface area contributed by atoms with E-state index in [0.29, 0.717) is 29.1 Å². The van der Waals surface area contributed by atoms with E-state index < -0.39 is 35.2 Å². The molecule has 0 unspecified atom stereocenters. The van der Waals surface area contributed by atoms with Gasteiger partial charge in [0.25, 0.3) is 11.1 Å².